The SMILES string of the molecule is CC=CC(C)(F)C1=Cc2cc(nc(-c3ccc(-c4ccc(CCC5CCC(CC(=O)O)CC5)cc4)cc3)n2)CC1. The Bertz CT molecular complexity index is 1380. The third-order valence-electron chi connectivity index (χ3n) is 8.58. The third kappa shape index (κ3) is 6.93. The van der Waals surface area contributed by atoms with Crippen molar-refractivity contribution in [2.75, 3.05) is 0 Å². The van der Waals surface area contributed by atoms with Crippen LogP contribution in [0.15, 0.2) is 72.3 Å². The van der Waals surface area contributed by atoms with E-state index in [1.54, 1.807) is 19.1 Å². The summed E-state index contributed by atoms with van der Waals surface area (Å²) in [4.78, 5) is 20.5. The van der Waals surface area contributed by atoms with Crippen LogP contribution in [0.1, 0.15) is 75.7 Å². The molecule has 1 unspecified atom stereocenters. The average Bonchev–Trinajstić information content (AvgIpc) is 3.10. The molecule has 0 spiro atoms. The Morgan fingerprint density at radius 1 is 0.950 bits per heavy atom. The lowest BCUT2D eigenvalue weighted by atomic mass is 9.78. The Hall–Kier alpha value is -3.60. The van der Waals surface area contributed by atoms with Gasteiger partial charge in [-0.1, -0.05) is 67.4 Å². The fourth-order valence-electron chi connectivity index (χ4n) is 6.19. The minimum atomic E-state index is -1.48. The molecule has 4 nitrogen and oxygen atoms in total. The zero-order valence-electron chi connectivity index (χ0n) is 23.6. The van der Waals surface area contributed by atoms with Crippen molar-refractivity contribution in [3.8, 4) is 22.5 Å². The van der Waals surface area contributed by atoms with E-state index in [-0.39, 0.29) is 0 Å². The standard InChI is InChI=1S/C35H39FN2O2/c1-3-20-35(2,36)30-18-19-31-23-32(22-30)38-34(37-31)29-16-14-28(15-17-29)27-12-10-25(11-13-27)5-4-24-6-8-26(9-7-24)21-33(39)40/h3,10-17,20,22-24,26H,4-9,18-19,21H2,1-2H3,(H,39,40). The molecule has 0 aliphatic heterocycles. The molecule has 0 amide bonds. The number of hydrogen-bond acceptors (Lipinski definition) is 3. The van der Waals surface area contributed by atoms with Crippen molar-refractivity contribution in [2.45, 2.75) is 77.3 Å². The molecule has 5 rings (SSSR count). The van der Waals surface area contributed by atoms with Gasteiger partial charge in [-0.05, 0) is 105 Å². The van der Waals surface area contributed by atoms with E-state index in [0.717, 1.165) is 60.2 Å². The molecule has 40 heavy (non-hydrogen) atoms. The number of alkyl halides is 1. The highest BCUT2D eigenvalue weighted by molar-refractivity contribution is 5.69. The number of carbonyl (C=O) groups is 1. The van der Waals surface area contributed by atoms with Crippen LogP contribution < -0.4 is 0 Å². The molecule has 1 atom stereocenters. The first kappa shape index (κ1) is 27.9. The van der Waals surface area contributed by atoms with Gasteiger partial charge in [0.25, 0.3) is 0 Å². The summed E-state index contributed by atoms with van der Waals surface area (Å²) in [7, 11) is 0. The van der Waals surface area contributed by atoms with Crippen molar-refractivity contribution in [3.63, 3.8) is 0 Å². The first-order valence-corrected chi connectivity index (χ1v) is 14.6. The lowest BCUT2D eigenvalue weighted by Gasteiger charge is -2.27. The van der Waals surface area contributed by atoms with Crippen LogP contribution in [0.2, 0.25) is 0 Å². The third-order valence-corrected chi connectivity index (χ3v) is 8.58. The lowest BCUT2D eigenvalue weighted by Crippen LogP contribution is -2.18. The molecule has 2 bridgehead atoms. The van der Waals surface area contributed by atoms with E-state index in [0.29, 0.717) is 36.9 Å². The van der Waals surface area contributed by atoms with Gasteiger partial charge in [-0.25, -0.2) is 14.4 Å². The van der Waals surface area contributed by atoms with Gasteiger partial charge in [-0.2, -0.15) is 0 Å². The van der Waals surface area contributed by atoms with E-state index in [2.05, 4.69) is 48.5 Å². The highest BCUT2D eigenvalue weighted by Crippen LogP contribution is 2.34. The second-order valence-corrected chi connectivity index (χ2v) is 11.7. The number of fused-ring (bicyclic) bond motifs is 2. The summed E-state index contributed by atoms with van der Waals surface area (Å²) in [5, 5.41) is 9.02. The maximum Gasteiger partial charge on any atom is 0.303 e. The molecule has 1 saturated carbocycles. The summed E-state index contributed by atoms with van der Waals surface area (Å²) < 4.78 is 15.2. The smallest absolute Gasteiger partial charge is 0.303 e. The predicted molar refractivity (Wildman–Crippen MR) is 160 cm³/mol. The first-order chi connectivity index (χ1) is 19.3. The van der Waals surface area contributed by atoms with Crippen LogP contribution in [-0.2, 0) is 17.6 Å². The number of halogens is 1. The Kier molecular flexibility index (Phi) is 8.58. The van der Waals surface area contributed by atoms with Crippen molar-refractivity contribution in [1.82, 2.24) is 9.97 Å². The molecule has 1 fully saturated rings. The van der Waals surface area contributed by atoms with Crippen LogP contribution in [0.3, 0.4) is 0 Å². The van der Waals surface area contributed by atoms with E-state index in [9.17, 15) is 4.79 Å². The molecular weight excluding hydrogens is 499 g/mol. The summed E-state index contributed by atoms with van der Waals surface area (Å²) in [5.74, 6) is 1.09. The maximum absolute atomic E-state index is 15.2. The predicted octanol–water partition coefficient (Wildman–Crippen LogP) is 8.66. The van der Waals surface area contributed by atoms with E-state index >= 15 is 4.39 Å². The van der Waals surface area contributed by atoms with Gasteiger partial charge in [-0.15, -0.1) is 0 Å². The van der Waals surface area contributed by atoms with Gasteiger partial charge in [0, 0.05) is 17.7 Å². The normalized spacial score (nSPS) is 20.5. The number of carboxylic acid groups (broad SMARTS) is 1. The van der Waals surface area contributed by atoms with Gasteiger partial charge in [0.05, 0.1) is 5.69 Å². The number of benzene rings is 2. The van der Waals surface area contributed by atoms with Crippen LogP contribution >= 0.6 is 0 Å². The van der Waals surface area contributed by atoms with Crippen molar-refractivity contribution in [1.29, 1.82) is 0 Å². The van der Waals surface area contributed by atoms with Crippen LogP contribution in [0, 0.1) is 11.8 Å². The number of rotatable bonds is 9. The summed E-state index contributed by atoms with van der Waals surface area (Å²) >= 11 is 0. The monoisotopic (exact) mass is 538 g/mol. The number of carboxylic acids is 1. The number of allylic oxidation sites excluding steroid dienone is 3. The fraction of sp³-hybridized carbons (Fsp3) is 0.400. The highest BCUT2D eigenvalue weighted by Gasteiger charge is 2.27. The minimum absolute atomic E-state index is 0.324. The quantitative estimate of drug-likeness (QED) is 0.277. The van der Waals surface area contributed by atoms with Crippen LogP contribution in [0.25, 0.3) is 28.6 Å². The molecule has 2 aromatic carbocycles. The number of aryl methyl sites for hydroxylation is 2. The molecule has 2 aliphatic rings. The number of nitrogens with zero attached hydrogens (tertiary/aromatic N) is 2. The summed E-state index contributed by atoms with van der Waals surface area (Å²) in [6.45, 7) is 3.44. The van der Waals surface area contributed by atoms with E-state index in [1.165, 1.54) is 17.5 Å². The van der Waals surface area contributed by atoms with Gasteiger partial charge < -0.3 is 5.11 Å². The molecule has 208 valence electrons. The molecule has 0 radical (unpaired) electrons. The van der Waals surface area contributed by atoms with Gasteiger partial charge in [0.15, 0.2) is 5.82 Å². The average molecular weight is 539 g/mol. The Labute approximate surface area is 237 Å². The molecule has 2 aliphatic carbocycles. The molecule has 1 heterocycles. The molecular formula is C35H39FN2O2. The van der Waals surface area contributed by atoms with Crippen LogP contribution in [-0.4, -0.2) is 26.7 Å². The summed E-state index contributed by atoms with van der Waals surface area (Å²) in [6.07, 6.45) is 13.5. The van der Waals surface area contributed by atoms with E-state index in [4.69, 9.17) is 15.1 Å². The maximum atomic E-state index is 15.2. The Morgan fingerprint density at radius 2 is 1.57 bits per heavy atom. The second kappa shape index (κ2) is 12.3. The highest BCUT2D eigenvalue weighted by atomic mass is 19.1. The summed E-state index contributed by atoms with van der Waals surface area (Å²) in [5.41, 5.74) is 5.57. The molecule has 3 aromatic rings. The molecule has 1 N–H and O–H groups in total. The van der Waals surface area contributed by atoms with Crippen LogP contribution in [0.5, 0.6) is 0 Å². The Morgan fingerprint density at radius 3 is 2.23 bits per heavy atom. The number of hydrogen-bond donors (Lipinski definition) is 1. The van der Waals surface area contributed by atoms with Gasteiger partial charge in [0.1, 0.15) is 5.67 Å². The van der Waals surface area contributed by atoms with Gasteiger partial charge in [0.2, 0.25) is 0 Å². The molecule has 0 saturated heterocycles. The number of aliphatic carboxylic acids is 1. The topological polar surface area (TPSA) is 63.1 Å². The zero-order chi connectivity index (χ0) is 28.1. The van der Waals surface area contributed by atoms with Crippen LogP contribution in [0.4, 0.5) is 4.39 Å². The zero-order valence-corrected chi connectivity index (χ0v) is 23.6. The largest absolute Gasteiger partial charge is 0.481 e. The van der Waals surface area contributed by atoms with Crippen molar-refractivity contribution in [3.05, 3.63) is 89.3 Å². The second-order valence-electron chi connectivity index (χ2n) is 11.7. The van der Waals surface area contributed by atoms with Gasteiger partial charge >= 0.3 is 5.97 Å². The van der Waals surface area contributed by atoms with E-state index in [1.807, 2.05) is 19.1 Å². The van der Waals surface area contributed by atoms with Crippen molar-refractivity contribution >= 4 is 12.0 Å². The fourth-order valence-corrected chi connectivity index (χ4v) is 6.19. The lowest BCUT2D eigenvalue weighted by molar-refractivity contribution is -0.138. The van der Waals surface area contributed by atoms with Gasteiger partial charge in [-0.3, -0.25) is 4.79 Å². The molecule has 5 heteroatoms. The van der Waals surface area contributed by atoms with E-state index < -0.39 is 11.6 Å². The number of aromatic nitrogens is 2. The Balaban J connectivity index is 1.21. The summed E-state index contributed by atoms with van der Waals surface area (Å²) in [6, 6.07) is 19.1. The molecule has 1 aromatic heterocycles. The van der Waals surface area contributed by atoms with Crippen molar-refractivity contribution < 1.29 is 14.3 Å². The minimum Gasteiger partial charge on any atom is -0.481 e. The van der Waals surface area contributed by atoms with Crippen molar-refractivity contribution in [2.24, 2.45) is 11.8 Å². The first-order valence-electron chi connectivity index (χ1n) is 14.6.